The van der Waals surface area contributed by atoms with Gasteiger partial charge in [-0.05, 0) is 60.0 Å². The van der Waals surface area contributed by atoms with Gasteiger partial charge in [0.05, 0.1) is 0 Å². The van der Waals surface area contributed by atoms with Crippen LogP contribution in [0.15, 0.2) is 54.6 Å². The van der Waals surface area contributed by atoms with Crippen LogP contribution in [0.5, 0.6) is 0 Å². The summed E-state index contributed by atoms with van der Waals surface area (Å²) >= 11 is 0. The largest absolute Gasteiger partial charge is 0.206 e. The average molecular weight is 344 g/mol. The van der Waals surface area contributed by atoms with Crippen LogP contribution < -0.4 is 0 Å². The lowest BCUT2D eigenvalue weighted by Gasteiger charge is -2.06. The fraction of sp³-hybridized carbons (Fsp3) is 0.280. The van der Waals surface area contributed by atoms with Crippen molar-refractivity contribution < 1.29 is 4.39 Å². The zero-order valence-corrected chi connectivity index (χ0v) is 15.6. The second kappa shape index (κ2) is 8.68. The van der Waals surface area contributed by atoms with Crippen molar-refractivity contribution in [3.63, 3.8) is 0 Å². The van der Waals surface area contributed by atoms with Gasteiger partial charge in [0.1, 0.15) is 5.82 Å². The fourth-order valence-corrected chi connectivity index (χ4v) is 3.16. The molecule has 0 saturated heterocycles. The molecule has 0 fully saturated rings. The first kappa shape index (κ1) is 18.2. The lowest BCUT2D eigenvalue weighted by Crippen LogP contribution is -1.91. The van der Waals surface area contributed by atoms with Gasteiger partial charge in [0.15, 0.2) is 0 Å². The van der Waals surface area contributed by atoms with E-state index < -0.39 is 0 Å². The molecular formula is C25H25F. The van der Waals surface area contributed by atoms with Gasteiger partial charge in [-0.25, -0.2) is 4.39 Å². The van der Waals surface area contributed by atoms with Crippen LogP contribution in [0, 0.1) is 17.7 Å². The molecule has 0 spiro atoms. The van der Waals surface area contributed by atoms with E-state index in [-0.39, 0.29) is 5.82 Å². The van der Waals surface area contributed by atoms with Gasteiger partial charge in [-0.15, -0.1) is 0 Å². The maximum absolute atomic E-state index is 14.5. The first-order valence-electron chi connectivity index (χ1n) is 9.53. The van der Waals surface area contributed by atoms with Crippen molar-refractivity contribution in [2.75, 3.05) is 0 Å². The van der Waals surface area contributed by atoms with Crippen LogP contribution in [0.2, 0.25) is 0 Å². The molecule has 0 aromatic heterocycles. The van der Waals surface area contributed by atoms with E-state index in [0.717, 1.165) is 41.3 Å². The van der Waals surface area contributed by atoms with Crippen molar-refractivity contribution in [1.29, 1.82) is 0 Å². The molecule has 0 aliphatic carbocycles. The highest BCUT2D eigenvalue weighted by atomic mass is 19.1. The Bertz CT molecular complexity index is 940. The third-order valence-corrected chi connectivity index (χ3v) is 4.68. The van der Waals surface area contributed by atoms with Gasteiger partial charge in [-0.3, -0.25) is 0 Å². The summed E-state index contributed by atoms with van der Waals surface area (Å²) < 4.78 is 14.5. The van der Waals surface area contributed by atoms with Crippen molar-refractivity contribution in [2.24, 2.45) is 0 Å². The van der Waals surface area contributed by atoms with Crippen LogP contribution in [0.1, 0.15) is 55.4 Å². The highest BCUT2D eigenvalue weighted by molar-refractivity contribution is 5.85. The Morgan fingerprint density at radius 2 is 1.50 bits per heavy atom. The Labute approximate surface area is 156 Å². The first-order chi connectivity index (χ1) is 12.7. The molecule has 3 aromatic rings. The number of hydrogen-bond acceptors (Lipinski definition) is 0. The maximum Gasteiger partial charge on any atom is 0.134 e. The number of aryl methyl sites for hydroxylation is 2. The van der Waals surface area contributed by atoms with Gasteiger partial charge in [0.2, 0.25) is 0 Å². The third-order valence-electron chi connectivity index (χ3n) is 4.68. The minimum Gasteiger partial charge on any atom is -0.206 e. The van der Waals surface area contributed by atoms with E-state index in [1.807, 2.05) is 30.3 Å². The van der Waals surface area contributed by atoms with Gasteiger partial charge < -0.3 is 0 Å². The maximum atomic E-state index is 14.5. The molecule has 0 N–H and O–H groups in total. The topological polar surface area (TPSA) is 0 Å². The first-order valence-corrected chi connectivity index (χ1v) is 9.53. The molecule has 0 unspecified atom stereocenters. The lowest BCUT2D eigenvalue weighted by molar-refractivity contribution is 0.619. The van der Waals surface area contributed by atoms with Crippen LogP contribution in [0.3, 0.4) is 0 Å². The van der Waals surface area contributed by atoms with E-state index in [4.69, 9.17) is 0 Å². The molecule has 3 rings (SSSR count). The van der Waals surface area contributed by atoms with Crippen molar-refractivity contribution in [1.82, 2.24) is 0 Å². The quantitative estimate of drug-likeness (QED) is 0.453. The highest BCUT2D eigenvalue weighted by Gasteiger charge is 2.06. The van der Waals surface area contributed by atoms with Crippen LogP contribution >= 0.6 is 0 Å². The van der Waals surface area contributed by atoms with E-state index in [1.54, 1.807) is 0 Å². The molecule has 0 amide bonds. The lowest BCUT2D eigenvalue weighted by atomic mass is 10.0. The molecule has 132 valence electrons. The van der Waals surface area contributed by atoms with Crippen LogP contribution in [0.4, 0.5) is 4.39 Å². The van der Waals surface area contributed by atoms with Crippen LogP contribution in [0.25, 0.3) is 10.8 Å². The molecule has 1 heteroatoms. The van der Waals surface area contributed by atoms with E-state index in [1.165, 1.54) is 18.4 Å². The summed E-state index contributed by atoms with van der Waals surface area (Å²) in [6.07, 6.45) is 5.28. The van der Waals surface area contributed by atoms with E-state index in [9.17, 15) is 4.39 Å². The predicted octanol–water partition coefficient (Wildman–Crippen LogP) is 6.67. The summed E-state index contributed by atoms with van der Waals surface area (Å²) in [5, 5.41) is 1.59. The third kappa shape index (κ3) is 4.33. The van der Waals surface area contributed by atoms with E-state index in [2.05, 4.69) is 50.0 Å². The van der Waals surface area contributed by atoms with Crippen LogP contribution in [-0.2, 0) is 12.8 Å². The van der Waals surface area contributed by atoms with Crippen molar-refractivity contribution in [2.45, 2.75) is 46.0 Å². The van der Waals surface area contributed by atoms with Gasteiger partial charge in [0, 0.05) is 16.5 Å². The molecular weight excluding hydrogens is 319 g/mol. The summed E-state index contributed by atoms with van der Waals surface area (Å²) in [6.45, 7) is 4.28. The van der Waals surface area contributed by atoms with E-state index in [0.29, 0.717) is 5.39 Å². The zero-order valence-electron chi connectivity index (χ0n) is 15.6. The normalized spacial score (nSPS) is 10.6. The molecule has 3 aromatic carbocycles. The Morgan fingerprint density at radius 1 is 0.769 bits per heavy atom. The van der Waals surface area contributed by atoms with Gasteiger partial charge >= 0.3 is 0 Å². The molecule has 0 saturated carbocycles. The Hall–Kier alpha value is -2.59. The summed E-state index contributed by atoms with van der Waals surface area (Å²) in [5.41, 5.74) is 4.08. The number of halogens is 1. The molecule has 0 nitrogen and oxygen atoms in total. The highest BCUT2D eigenvalue weighted by Crippen LogP contribution is 2.23. The van der Waals surface area contributed by atoms with Crippen molar-refractivity contribution in [3.8, 4) is 11.8 Å². The Kier molecular flexibility index (Phi) is 6.08. The van der Waals surface area contributed by atoms with Crippen molar-refractivity contribution >= 4 is 10.8 Å². The van der Waals surface area contributed by atoms with Crippen LogP contribution in [-0.4, -0.2) is 0 Å². The number of hydrogen-bond donors (Lipinski definition) is 0. The summed E-state index contributed by atoms with van der Waals surface area (Å²) in [6, 6.07) is 18.1. The van der Waals surface area contributed by atoms with Crippen molar-refractivity contribution in [3.05, 3.63) is 82.7 Å². The van der Waals surface area contributed by atoms with Gasteiger partial charge in [-0.2, -0.15) is 0 Å². The van der Waals surface area contributed by atoms with Gasteiger partial charge in [0.25, 0.3) is 0 Å². The summed E-state index contributed by atoms with van der Waals surface area (Å²) in [5.74, 6) is 6.32. The number of fused-ring (bicyclic) bond motifs is 1. The smallest absolute Gasteiger partial charge is 0.134 e. The second-order valence-electron chi connectivity index (χ2n) is 6.78. The predicted molar refractivity (Wildman–Crippen MR) is 109 cm³/mol. The summed E-state index contributed by atoms with van der Waals surface area (Å²) in [4.78, 5) is 0. The minimum atomic E-state index is -0.0912. The molecule has 0 radical (unpaired) electrons. The molecule has 0 bridgehead atoms. The number of rotatable bonds is 5. The Balaban J connectivity index is 1.81. The Morgan fingerprint density at radius 3 is 2.23 bits per heavy atom. The molecule has 0 aliphatic rings. The monoisotopic (exact) mass is 344 g/mol. The molecule has 0 heterocycles. The van der Waals surface area contributed by atoms with E-state index >= 15 is 0 Å². The molecule has 0 aliphatic heterocycles. The average Bonchev–Trinajstić information content (AvgIpc) is 2.68. The minimum absolute atomic E-state index is 0.0912. The van der Waals surface area contributed by atoms with Gasteiger partial charge in [-0.1, -0.05) is 68.9 Å². The standard InChI is InChI=1S/C25H25F/c1-3-5-7-19-8-10-20(11-9-19)12-13-21-14-17-24-23(18-21)16-15-22(6-4-2)25(24)26/h8-11,14-18H,3-7H2,1-2H3. The number of benzene rings is 3. The molecule has 0 atom stereocenters. The second-order valence-corrected chi connectivity index (χ2v) is 6.78. The number of unbranched alkanes of at least 4 members (excludes halogenated alkanes) is 1. The zero-order chi connectivity index (χ0) is 18.4. The SMILES string of the molecule is CCCCc1ccc(C#Cc2ccc3c(F)c(CCC)ccc3c2)cc1. The molecule has 26 heavy (non-hydrogen) atoms. The summed E-state index contributed by atoms with van der Waals surface area (Å²) in [7, 11) is 0. The fourth-order valence-electron chi connectivity index (χ4n) is 3.16.